The van der Waals surface area contributed by atoms with Gasteiger partial charge in [-0.15, -0.1) is 0 Å². The Kier molecular flexibility index (Phi) is 4.26. The van der Waals surface area contributed by atoms with E-state index in [4.69, 9.17) is 5.11 Å². The zero-order valence-corrected chi connectivity index (χ0v) is 8.53. The van der Waals surface area contributed by atoms with Crippen molar-refractivity contribution in [2.75, 3.05) is 6.54 Å². The van der Waals surface area contributed by atoms with Crippen LogP contribution in [0.1, 0.15) is 23.2 Å². The highest BCUT2D eigenvalue weighted by atomic mass is 16.4. The molecule has 0 aliphatic rings. The molecular weight excluding hydrogens is 212 g/mol. The first-order valence-corrected chi connectivity index (χ1v) is 4.79. The zero-order valence-electron chi connectivity index (χ0n) is 8.53. The molecule has 1 heterocycles. The number of H-pyrrole nitrogens is 1. The molecule has 0 atom stereocenters. The average molecular weight is 224 g/mol. The molecule has 1 amide bonds. The first-order valence-electron chi connectivity index (χ1n) is 4.79. The van der Waals surface area contributed by atoms with E-state index >= 15 is 0 Å². The molecule has 86 valence electrons. The van der Waals surface area contributed by atoms with E-state index in [0.717, 1.165) is 0 Å². The minimum Gasteiger partial charge on any atom is -0.481 e. The van der Waals surface area contributed by atoms with Gasteiger partial charge in [-0.3, -0.25) is 14.4 Å². The normalized spacial score (nSPS) is 9.75. The Morgan fingerprint density at radius 3 is 2.81 bits per heavy atom. The standard InChI is InChI=1S/C10H12N2O4/c13-8(14)4-2-6-12-10(16)7-3-1-5-11-9(7)15/h1,3,5H,2,4,6H2,(H,11,15)(H,12,16)(H,13,14). The lowest BCUT2D eigenvalue weighted by Gasteiger charge is -2.02. The van der Waals surface area contributed by atoms with Gasteiger partial charge in [0.2, 0.25) is 0 Å². The van der Waals surface area contributed by atoms with E-state index < -0.39 is 17.4 Å². The summed E-state index contributed by atoms with van der Waals surface area (Å²) in [6.07, 6.45) is 1.76. The number of carbonyl (C=O) groups is 2. The van der Waals surface area contributed by atoms with E-state index in [1.54, 1.807) is 6.07 Å². The minimum atomic E-state index is -0.910. The van der Waals surface area contributed by atoms with Gasteiger partial charge in [0.25, 0.3) is 11.5 Å². The van der Waals surface area contributed by atoms with Crippen LogP contribution in [0.15, 0.2) is 23.1 Å². The lowest BCUT2D eigenvalue weighted by Crippen LogP contribution is -2.30. The Hall–Kier alpha value is -2.11. The number of pyridine rings is 1. The Morgan fingerprint density at radius 1 is 1.44 bits per heavy atom. The number of aromatic amines is 1. The van der Waals surface area contributed by atoms with Crippen LogP contribution < -0.4 is 10.9 Å². The summed E-state index contributed by atoms with van der Waals surface area (Å²) in [4.78, 5) is 35.2. The van der Waals surface area contributed by atoms with Crippen molar-refractivity contribution in [3.63, 3.8) is 0 Å². The summed E-state index contributed by atoms with van der Waals surface area (Å²) < 4.78 is 0. The number of aliphatic carboxylic acids is 1. The third-order valence-electron chi connectivity index (χ3n) is 1.92. The summed E-state index contributed by atoms with van der Waals surface area (Å²) in [5.74, 6) is -1.40. The molecule has 0 unspecified atom stereocenters. The van der Waals surface area contributed by atoms with E-state index in [1.165, 1.54) is 12.3 Å². The molecule has 0 bridgehead atoms. The second-order valence-electron chi connectivity index (χ2n) is 3.17. The van der Waals surface area contributed by atoms with Crippen molar-refractivity contribution in [2.45, 2.75) is 12.8 Å². The van der Waals surface area contributed by atoms with E-state index in [1.807, 2.05) is 0 Å². The van der Waals surface area contributed by atoms with Crippen LogP contribution in [0.2, 0.25) is 0 Å². The molecular formula is C10H12N2O4. The monoisotopic (exact) mass is 224 g/mol. The van der Waals surface area contributed by atoms with Gasteiger partial charge in [0.1, 0.15) is 5.56 Å². The summed E-state index contributed by atoms with van der Waals surface area (Å²) in [7, 11) is 0. The molecule has 16 heavy (non-hydrogen) atoms. The van der Waals surface area contributed by atoms with E-state index in [-0.39, 0.29) is 18.5 Å². The van der Waals surface area contributed by atoms with Crippen LogP contribution in [0.5, 0.6) is 0 Å². The van der Waals surface area contributed by atoms with Crippen LogP contribution in [-0.4, -0.2) is 28.5 Å². The Balaban J connectivity index is 2.45. The van der Waals surface area contributed by atoms with E-state index in [9.17, 15) is 14.4 Å². The maximum atomic E-state index is 11.4. The molecule has 3 N–H and O–H groups in total. The Morgan fingerprint density at radius 2 is 2.19 bits per heavy atom. The molecule has 0 aliphatic carbocycles. The number of hydrogen-bond donors (Lipinski definition) is 3. The molecule has 0 aliphatic heterocycles. The van der Waals surface area contributed by atoms with Crippen LogP contribution in [0.25, 0.3) is 0 Å². The molecule has 0 radical (unpaired) electrons. The highest BCUT2D eigenvalue weighted by Gasteiger charge is 2.08. The van der Waals surface area contributed by atoms with Crippen molar-refractivity contribution in [2.24, 2.45) is 0 Å². The first-order chi connectivity index (χ1) is 7.61. The number of rotatable bonds is 5. The van der Waals surface area contributed by atoms with Gasteiger partial charge in [0.05, 0.1) is 0 Å². The molecule has 0 fully saturated rings. The van der Waals surface area contributed by atoms with Crippen LogP contribution in [0.3, 0.4) is 0 Å². The lowest BCUT2D eigenvalue weighted by molar-refractivity contribution is -0.137. The third kappa shape index (κ3) is 3.56. The van der Waals surface area contributed by atoms with Crippen LogP contribution in [0.4, 0.5) is 0 Å². The highest BCUT2D eigenvalue weighted by molar-refractivity contribution is 5.93. The lowest BCUT2D eigenvalue weighted by atomic mass is 10.2. The number of nitrogens with one attached hydrogen (secondary N) is 2. The van der Waals surface area contributed by atoms with E-state index in [2.05, 4.69) is 10.3 Å². The second-order valence-corrected chi connectivity index (χ2v) is 3.17. The van der Waals surface area contributed by atoms with Crippen LogP contribution >= 0.6 is 0 Å². The van der Waals surface area contributed by atoms with Crippen LogP contribution in [0, 0.1) is 0 Å². The molecule has 1 rings (SSSR count). The van der Waals surface area contributed by atoms with Crippen molar-refractivity contribution in [1.82, 2.24) is 10.3 Å². The van der Waals surface area contributed by atoms with Crippen molar-refractivity contribution in [1.29, 1.82) is 0 Å². The fraction of sp³-hybridized carbons (Fsp3) is 0.300. The van der Waals surface area contributed by atoms with E-state index in [0.29, 0.717) is 6.42 Å². The predicted octanol–water partition coefficient (Wildman–Crippen LogP) is -0.0305. The number of carboxylic acids is 1. The predicted molar refractivity (Wildman–Crippen MR) is 56.3 cm³/mol. The zero-order chi connectivity index (χ0) is 12.0. The molecule has 1 aromatic rings. The summed E-state index contributed by atoms with van der Waals surface area (Å²) in [5, 5.41) is 10.8. The van der Waals surface area contributed by atoms with Crippen molar-refractivity contribution >= 4 is 11.9 Å². The van der Waals surface area contributed by atoms with Gasteiger partial charge in [-0.1, -0.05) is 0 Å². The van der Waals surface area contributed by atoms with Crippen molar-refractivity contribution < 1.29 is 14.7 Å². The summed E-state index contributed by atoms with van der Waals surface area (Å²) >= 11 is 0. The van der Waals surface area contributed by atoms with Gasteiger partial charge in [-0.25, -0.2) is 0 Å². The minimum absolute atomic E-state index is 0.00851. The fourth-order valence-corrected chi connectivity index (χ4v) is 1.14. The second kappa shape index (κ2) is 5.69. The van der Waals surface area contributed by atoms with Gasteiger partial charge in [0, 0.05) is 19.2 Å². The molecule has 0 spiro atoms. The number of carboxylic acid groups (broad SMARTS) is 1. The van der Waals surface area contributed by atoms with Gasteiger partial charge in [-0.2, -0.15) is 0 Å². The number of carbonyl (C=O) groups excluding carboxylic acids is 1. The molecule has 1 aromatic heterocycles. The number of amides is 1. The molecule has 6 nitrogen and oxygen atoms in total. The van der Waals surface area contributed by atoms with Crippen LogP contribution in [-0.2, 0) is 4.79 Å². The van der Waals surface area contributed by atoms with Crippen molar-refractivity contribution in [3.8, 4) is 0 Å². The maximum absolute atomic E-state index is 11.4. The topological polar surface area (TPSA) is 99.3 Å². The largest absolute Gasteiger partial charge is 0.481 e. The maximum Gasteiger partial charge on any atom is 0.303 e. The van der Waals surface area contributed by atoms with Gasteiger partial charge in [0.15, 0.2) is 0 Å². The SMILES string of the molecule is O=C(O)CCCNC(=O)c1ccc[nH]c1=O. The highest BCUT2D eigenvalue weighted by Crippen LogP contribution is 1.91. The molecule has 6 heteroatoms. The van der Waals surface area contributed by atoms with Crippen molar-refractivity contribution in [3.05, 3.63) is 34.2 Å². The fourth-order valence-electron chi connectivity index (χ4n) is 1.14. The molecule has 0 saturated carbocycles. The van der Waals surface area contributed by atoms with Gasteiger partial charge < -0.3 is 15.4 Å². The van der Waals surface area contributed by atoms with Gasteiger partial charge >= 0.3 is 5.97 Å². The third-order valence-corrected chi connectivity index (χ3v) is 1.92. The Labute approximate surface area is 91.3 Å². The number of aromatic nitrogens is 1. The van der Waals surface area contributed by atoms with Gasteiger partial charge in [-0.05, 0) is 18.6 Å². The summed E-state index contributed by atoms with van der Waals surface area (Å²) in [5.41, 5.74) is -0.434. The quantitative estimate of drug-likeness (QED) is 0.611. The number of hydrogen-bond acceptors (Lipinski definition) is 3. The molecule has 0 aromatic carbocycles. The smallest absolute Gasteiger partial charge is 0.303 e. The Bertz CT molecular complexity index is 438. The summed E-state index contributed by atoms with van der Waals surface area (Å²) in [6.45, 7) is 0.236. The molecule has 0 saturated heterocycles. The average Bonchev–Trinajstić information content (AvgIpc) is 2.24. The summed E-state index contributed by atoms with van der Waals surface area (Å²) in [6, 6.07) is 2.96. The first kappa shape index (κ1) is 12.0.